The lowest BCUT2D eigenvalue weighted by molar-refractivity contribution is -0.385. The monoisotopic (exact) mass is 589 g/mol. The van der Waals surface area contributed by atoms with Crippen LogP contribution in [0.25, 0.3) is 0 Å². The molecule has 1 aromatic carbocycles. The summed E-state index contributed by atoms with van der Waals surface area (Å²) < 4.78 is 48.6. The average molecular weight is 590 g/mol. The highest BCUT2D eigenvalue weighted by Crippen LogP contribution is 2.34. The average Bonchev–Trinajstić information content (AvgIpc) is 2.75. The van der Waals surface area contributed by atoms with Crippen LogP contribution in [-0.2, 0) is 34.8 Å². The van der Waals surface area contributed by atoms with Crippen molar-refractivity contribution >= 4 is 35.0 Å². The normalized spacial score (nSPS) is 12.7. The van der Waals surface area contributed by atoms with Gasteiger partial charge >= 0.3 is 18.1 Å². The number of hydrogen-bond acceptors (Lipinski definition) is 9. The van der Waals surface area contributed by atoms with Gasteiger partial charge < -0.3 is 9.47 Å². The molecule has 0 heterocycles. The summed E-state index contributed by atoms with van der Waals surface area (Å²) in [6.45, 7) is 16.2. The molecule has 1 rings (SSSR count). The number of nitrogens with zero attached hydrogens (tertiary/aromatic N) is 1. The first-order chi connectivity index (χ1) is 18.3. The molecule has 0 saturated carbocycles. The lowest BCUT2D eigenvalue weighted by atomic mass is 9.87. The molecule has 13 heteroatoms. The van der Waals surface area contributed by atoms with Crippen LogP contribution in [0.15, 0.2) is 18.2 Å². The minimum absolute atomic E-state index is 0.0748. The Labute approximate surface area is 237 Å². The van der Waals surface area contributed by atoms with Crippen LogP contribution in [0.1, 0.15) is 91.6 Å². The molecule has 1 atom stereocenters. The Kier molecular flexibility index (Phi) is 13.0. The summed E-state index contributed by atoms with van der Waals surface area (Å²) in [6, 6.07) is 1.26. The molecule has 0 radical (unpaired) electrons. The number of Topliss-reactive ketones (excluding diaryl/α,β-unsaturated/α-hetero) is 3. The standard InChI is InChI=1S/C18H20F3NO6.C10H18O3/c1-9(2)14(23)13(16(25)28-17(3,4)5)15(24)11-7-6-10(18(19,20)21)8-12(11)22(26)27;1-7(2)8(11)6-9(12)13-10(3,4)5/h6-9,13H,1-5H3;7H,6H2,1-5H3. The van der Waals surface area contributed by atoms with Crippen molar-refractivity contribution in [3.05, 3.63) is 39.4 Å². The molecule has 0 aliphatic rings. The zero-order valence-electron chi connectivity index (χ0n) is 24.9. The second kappa shape index (κ2) is 14.3. The van der Waals surface area contributed by atoms with Crippen molar-refractivity contribution in [2.45, 2.75) is 93.0 Å². The Hall–Kier alpha value is -3.64. The Morgan fingerprint density at radius 1 is 0.854 bits per heavy atom. The molecular weight excluding hydrogens is 551 g/mol. The highest BCUT2D eigenvalue weighted by atomic mass is 19.4. The number of hydrogen-bond donors (Lipinski definition) is 0. The minimum Gasteiger partial charge on any atom is -0.460 e. The molecule has 0 amide bonds. The van der Waals surface area contributed by atoms with Gasteiger partial charge in [0.1, 0.15) is 23.4 Å². The number of esters is 2. The van der Waals surface area contributed by atoms with Gasteiger partial charge in [-0.25, -0.2) is 0 Å². The molecule has 0 aliphatic carbocycles. The van der Waals surface area contributed by atoms with Gasteiger partial charge in [0, 0.05) is 17.9 Å². The van der Waals surface area contributed by atoms with E-state index in [1.807, 2.05) is 0 Å². The number of nitro groups is 1. The van der Waals surface area contributed by atoms with Gasteiger partial charge in [0.15, 0.2) is 17.5 Å². The van der Waals surface area contributed by atoms with Gasteiger partial charge in [0.05, 0.1) is 16.1 Å². The van der Waals surface area contributed by atoms with E-state index in [1.54, 1.807) is 34.6 Å². The molecule has 10 nitrogen and oxygen atoms in total. The third kappa shape index (κ3) is 13.0. The molecule has 1 unspecified atom stereocenters. The molecule has 0 bridgehead atoms. The molecule has 0 fully saturated rings. The van der Waals surface area contributed by atoms with Crippen LogP contribution in [0, 0.1) is 27.9 Å². The van der Waals surface area contributed by atoms with Crippen LogP contribution < -0.4 is 0 Å². The maximum Gasteiger partial charge on any atom is 0.416 e. The first-order valence-corrected chi connectivity index (χ1v) is 12.7. The third-order valence-electron chi connectivity index (χ3n) is 4.93. The van der Waals surface area contributed by atoms with E-state index in [0.717, 1.165) is 0 Å². The van der Waals surface area contributed by atoms with E-state index in [2.05, 4.69) is 0 Å². The number of rotatable bonds is 9. The topological polar surface area (TPSA) is 147 Å². The van der Waals surface area contributed by atoms with Crippen molar-refractivity contribution in [2.24, 2.45) is 17.8 Å². The molecule has 1 aromatic rings. The van der Waals surface area contributed by atoms with Gasteiger partial charge in [-0.15, -0.1) is 0 Å². The van der Waals surface area contributed by atoms with Crippen LogP contribution in [0.5, 0.6) is 0 Å². The Bertz CT molecular complexity index is 1160. The van der Waals surface area contributed by atoms with Crippen molar-refractivity contribution in [1.82, 2.24) is 0 Å². The Balaban J connectivity index is 0.00000103. The highest BCUT2D eigenvalue weighted by Gasteiger charge is 2.42. The van der Waals surface area contributed by atoms with Crippen LogP contribution in [-0.4, -0.2) is 45.4 Å². The van der Waals surface area contributed by atoms with E-state index >= 15 is 0 Å². The summed E-state index contributed by atoms with van der Waals surface area (Å²) in [7, 11) is 0. The van der Waals surface area contributed by atoms with Gasteiger partial charge in [-0.2, -0.15) is 13.2 Å². The fourth-order valence-corrected chi connectivity index (χ4v) is 2.99. The van der Waals surface area contributed by atoms with E-state index in [0.29, 0.717) is 12.1 Å². The second-order valence-corrected chi connectivity index (χ2v) is 11.8. The number of halogens is 3. The molecule has 230 valence electrons. The lowest BCUT2D eigenvalue weighted by Gasteiger charge is -2.23. The summed E-state index contributed by atoms with van der Waals surface area (Å²) in [5.41, 5.74) is -4.82. The first-order valence-electron chi connectivity index (χ1n) is 12.7. The zero-order chi connectivity index (χ0) is 32.7. The molecule has 0 N–H and O–H groups in total. The predicted octanol–water partition coefficient (Wildman–Crippen LogP) is 5.92. The van der Waals surface area contributed by atoms with Crippen LogP contribution in [0.4, 0.5) is 18.9 Å². The number of ether oxygens (including phenoxy) is 2. The van der Waals surface area contributed by atoms with Crippen molar-refractivity contribution < 1.29 is 51.5 Å². The van der Waals surface area contributed by atoms with Crippen LogP contribution in [0.2, 0.25) is 0 Å². The molecule has 0 saturated heterocycles. The third-order valence-corrected chi connectivity index (χ3v) is 4.93. The lowest BCUT2D eigenvalue weighted by Crippen LogP contribution is -2.39. The van der Waals surface area contributed by atoms with E-state index in [-0.39, 0.29) is 24.2 Å². The second-order valence-electron chi connectivity index (χ2n) is 11.8. The fraction of sp³-hybridized carbons (Fsp3) is 0.607. The number of carbonyl (C=O) groups is 5. The smallest absolute Gasteiger partial charge is 0.416 e. The van der Waals surface area contributed by atoms with Crippen molar-refractivity contribution in [3.63, 3.8) is 0 Å². The molecule has 41 heavy (non-hydrogen) atoms. The molecule has 0 aliphatic heterocycles. The summed E-state index contributed by atoms with van der Waals surface area (Å²) in [5.74, 6) is -6.79. The SMILES string of the molecule is CC(C)C(=O)C(C(=O)OC(C)(C)C)C(=O)c1ccc(C(F)(F)F)cc1[N+](=O)[O-].CC(C)C(=O)CC(=O)OC(C)(C)C. The van der Waals surface area contributed by atoms with Gasteiger partial charge in [0.2, 0.25) is 0 Å². The molecule has 0 aromatic heterocycles. The summed E-state index contributed by atoms with van der Waals surface area (Å²) >= 11 is 0. The van der Waals surface area contributed by atoms with Crippen molar-refractivity contribution in [1.29, 1.82) is 0 Å². The van der Waals surface area contributed by atoms with E-state index < -0.39 is 74.5 Å². The number of benzene rings is 1. The largest absolute Gasteiger partial charge is 0.460 e. The molecule has 0 spiro atoms. The summed E-state index contributed by atoms with van der Waals surface area (Å²) in [5, 5.41) is 11.2. The zero-order valence-corrected chi connectivity index (χ0v) is 24.9. The van der Waals surface area contributed by atoms with Crippen molar-refractivity contribution in [2.75, 3.05) is 0 Å². The van der Waals surface area contributed by atoms with Crippen molar-refractivity contribution in [3.8, 4) is 0 Å². The van der Waals surface area contributed by atoms with Gasteiger partial charge in [-0.05, 0) is 53.7 Å². The van der Waals surface area contributed by atoms with Crippen LogP contribution in [0.3, 0.4) is 0 Å². The maximum absolute atomic E-state index is 12.8. The van der Waals surface area contributed by atoms with Gasteiger partial charge in [0.25, 0.3) is 5.69 Å². The highest BCUT2D eigenvalue weighted by molar-refractivity contribution is 6.24. The summed E-state index contributed by atoms with van der Waals surface area (Å²) in [6.07, 6.45) is -4.99. The quantitative estimate of drug-likeness (QED) is 0.112. The first kappa shape index (κ1) is 37.4. The van der Waals surface area contributed by atoms with E-state index in [4.69, 9.17) is 9.47 Å². The van der Waals surface area contributed by atoms with E-state index in [9.17, 15) is 47.3 Å². The number of carbonyl (C=O) groups excluding carboxylic acids is 5. The predicted molar refractivity (Wildman–Crippen MR) is 142 cm³/mol. The Morgan fingerprint density at radius 2 is 1.34 bits per heavy atom. The van der Waals surface area contributed by atoms with E-state index in [1.165, 1.54) is 34.6 Å². The minimum atomic E-state index is -4.87. The number of nitro benzene ring substituents is 1. The molecular formula is C28H38F3NO9. The summed E-state index contributed by atoms with van der Waals surface area (Å²) in [4.78, 5) is 69.9. The number of ketones is 3. The van der Waals surface area contributed by atoms with Gasteiger partial charge in [-0.3, -0.25) is 34.1 Å². The fourth-order valence-electron chi connectivity index (χ4n) is 2.99. The Morgan fingerprint density at radius 3 is 1.71 bits per heavy atom. The number of alkyl halides is 3. The maximum atomic E-state index is 12.8. The van der Waals surface area contributed by atoms with Crippen LogP contribution >= 0.6 is 0 Å². The van der Waals surface area contributed by atoms with Gasteiger partial charge in [-0.1, -0.05) is 27.7 Å².